The number of nitrogens with one attached hydrogen (secondary N) is 1. The van der Waals surface area contributed by atoms with Crippen molar-refractivity contribution in [3.8, 4) is 5.69 Å². The predicted octanol–water partition coefficient (Wildman–Crippen LogP) is 2.26. The Balaban J connectivity index is 2.35. The summed E-state index contributed by atoms with van der Waals surface area (Å²) in [5.74, 6) is 0.569. The number of hydrogen-bond acceptors (Lipinski definition) is 3. The van der Waals surface area contributed by atoms with Crippen molar-refractivity contribution in [3.05, 3.63) is 35.0 Å². The lowest BCUT2D eigenvalue weighted by Gasteiger charge is -2.06. The molecule has 3 aromatic rings. The molecule has 2 heterocycles. The van der Waals surface area contributed by atoms with Gasteiger partial charge in [0, 0.05) is 0 Å². The highest BCUT2D eigenvalue weighted by Gasteiger charge is 2.15. The van der Waals surface area contributed by atoms with Crippen LogP contribution in [0, 0.1) is 20.8 Å². The molecule has 0 bridgehead atoms. The van der Waals surface area contributed by atoms with Gasteiger partial charge in [-0.05, 0) is 38.0 Å². The Kier molecular flexibility index (Phi) is 2.16. The first-order valence-electron chi connectivity index (χ1n) is 5.84. The fourth-order valence-corrected chi connectivity index (χ4v) is 2.22. The molecule has 5 heteroatoms. The van der Waals surface area contributed by atoms with E-state index in [1.807, 2.05) is 11.6 Å². The molecule has 92 valence electrons. The minimum absolute atomic E-state index is 0.569. The quantitative estimate of drug-likeness (QED) is 0.686. The molecule has 0 radical (unpaired) electrons. The highest BCUT2D eigenvalue weighted by atomic mass is 15.4. The van der Waals surface area contributed by atoms with Crippen molar-refractivity contribution in [2.24, 2.45) is 0 Å². The highest BCUT2D eigenvalue weighted by molar-refractivity contribution is 5.89. The fraction of sp³-hybridized carbons (Fsp3) is 0.231. The molecule has 0 atom stereocenters. The number of aryl methyl sites for hydroxylation is 3. The largest absolute Gasteiger partial charge is 0.383 e. The summed E-state index contributed by atoms with van der Waals surface area (Å²) in [5, 5.41) is 12.5. The van der Waals surface area contributed by atoms with Crippen LogP contribution < -0.4 is 5.73 Å². The number of fused-ring (bicyclic) bond motifs is 1. The van der Waals surface area contributed by atoms with Gasteiger partial charge in [-0.15, -0.1) is 0 Å². The van der Waals surface area contributed by atoms with Crippen LogP contribution in [0.15, 0.2) is 18.2 Å². The van der Waals surface area contributed by atoms with Gasteiger partial charge in [0.1, 0.15) is 5.82 Å². The summed E-state index contributed by atoms with van der Waals surface area (Å²) in [5.41, 5.74) is 10.9. The molecular formula is C13H15N5. The molecule has 0 aliphatic heterocycles. The first-order chi connectivity index (χ1) is 8.58. The van der Waals surface area contributed by atoms with Crippen LogP contribution in [0.5, 0.6) is 0 Å². The van der Waals surface area contributed by atoms with E-state index in [9.17, 15) is 0 Å². The van der Waals surface area contributed by atoms with Gasteiger partial charge in [-0.25, -0.2) is 4.68 Å². The smallest absolute Gasteiger partial charge is 0.186 e. The lowest BCUT2D eigenvalue weighted by molar-refractivity contribution is 0.858. The van der Waals surface area contributed by atoms with Crippen molar-refractivity contribution in [1.82, 2.24) is 20.0 Å². The molecule has 0 unspecified atom stereocenters. The maximum atomic E-state index is 5.87. The van der Waals surface area contributed by atoms with Crippen molar-refractivity contribution in [3.63, 3.8) is 0 Å². The summed E-state index contributed by atoms with van der Waals surface area (Å²) in [7, 11) is 0. The minimum atomic E-state index is 0.569. The molecule has 0 spiro atoms. The van der Waals surface area contributed by atoms with E-state index in [1.165, 1.54) is 5.56 Å². The summed E-state index contributed by atoms with van der Waals surface area (Å²) in [6.07, 6.45) is 0. The molecule has 3 rings (SSSR count). The van der Waals surface area contributed by atoms with Crippen LogP contribution in [0.3, 0.4) is 0 Å². The second-order valence-corrected chi connectivity index (χ2v) is 4.62. The van der Waals surface area contributed by atoms with Crippen LogP contribution in [0.1, 0.15) is 16.8 Å². The number of nitrogens with zero attached hydrogens (tertiary/aromatic N) is 3. The van der Waals surface area contributed by atoms with E-state index >= 15 is 0 Å². The molecule has 0 fully saturated rings. The Morgan fingerprint density at radius 3 is 2.78 bits per heavy atom. The summed E-state index contributed by atoms with van der Waals surface area (Å²) in [4.78, 5) is 0. The van der Waals surface area contributed by atoms with Crippen LogP contribution >= 0.6 is 0 Å². The molecule has 0 aliphatic rings. The third kappa shape index (κ3) is 1.40. The number of nitrogens with two attached hydrogens (primary N) is 1. The molecular weight excluding hydrogens is 226 g/mol. The van der Waals surface area contributed by atoms with Crippen LogP contribution in [-0.4, -0.2) is 20.0 Å². The van der Waals surface area contributed by atoms with E-state index in [0.717, 1.165) is 28.0 Å². The highest BCUT2D eigenvalue weighted by Crippen LogP contribution is 2.25. The maximum Gasteiger partial charge on any atom is 0.186 e. The standard InChI is InChI=1S/C13H15N5/c1-7-4-5-8(2)10(6-7)18-13-11(9(3)17-18)12(14)15-16-13/h4-6H,1-3H3,(H3,14,15,16). The van der Waals surface area contributed by atoms with Gasteiger partial charge in [0.05, 0.1) is 16.8 Å². The van der Waals surface area contributed by atoms with E-state index < -0.39 is 0 Å². The molecule has 0 saturated carbocycles. The molecule has 1 aromatic carbocycles. The zero-order valence-corrected chi connectivity index (χ0v) is 10.7. The first-order valence-corrected chi connectivity index (χ1v) is 5.84. The van der Waals surface area contributed by atoms with E-state index in [2.05, 4.69) is 47.3 Å². The van der Waals surface area contributed by atoms with Gasteiger partial charge in [-0.1, -0.05) is 12.1 Å². The van der Waals surface area contributed by atoms with Gasteiger partial charge >= 0.3 is 0 Å². The zero-order chi connectivity index (χ0) is 12.9. The minimum Gasteiger partial charge on any atom is -0.383 e. The average molecular weight is 241 g/mol. The lowest BCUT2D eigenvalue weighted by atomic mass is 10.1. The number of hydrogen-bond donors (Lipinski definition) is 2. The van der Waals surface area contributed by atoms with Crippen molar-refractivity contribution in [2.75, 3.05) is 5.73 Å². The third-order valence-corrected chi connectivity index (χ3v) is 3.18. The summed E-state index contributed by atoms with van der Waals surface area (Å²) >= 11 is 0. The lowest BCUT2D eigenvalue weighted by Crippen LogP contribution is -2.00. The van der Waals surface area contributed by atoms with E-state index in [0.29, 0.717) is 5.82 Å². The van der Waals surface area contributed by atoms with E-state index in [-0.39, 0.29) is 0 Å². The Hall–Kier alpha value is -2.30. The fourth-order valence-electron chi connectivity index (χ4n) is 2.22. The van der Waals surface area contributed by atoms with Crippen molar-refractivity contribution in [1.29, 1.82) is 0 Å². The maximum absolute atomic E-state index is 5.87. The summed E-state index contributed by atoms with van der Waals surface area (Å²) in [6.45, 7) is 6.07. The van der Waals surface area contributed by atoms with Gasteiger partial charge in [0.2, 0.25) is 0 Å². The Labute approximate surface area is 105 Å². The molecule has 3 N–H and O–H groups in total. The monoisotopic (exact) mass is 241 g/mol. The zero-order valence-electron chi connectivity index (χ0n) is 10.7. The van der Waals surface area contributed by atoms with E-state index in [1.54, 1.807) is 0 Å². The topological polar surface area (TPSA) is 72.5 Å². The Morgan fingerprint density at radius 1 is 1.22 bits per heavy atom. The SMILES string of the molecule is Cc1ccc(C)c(-n2nc(C)c3c(N)[nH]nc32)c1. The molecule has 0 amide bonds. The predicted molar refractivity (Wildman–Crippen MR) is 71.8 cm³/mol. The third-order valence-electron chi connectivity index (χ3n) is 3.18. The Morgan fingerprint density at radius 2 is 2.00 bits per heavy atom. The number of H-pyrrole nitrogens is 1. The van der Waals surface area contributed by atoms with Crippen molar-refractivity contribution < 1.29 is 0 Å². The van der Waals surface area contributed by atoms with Crippen LogP contribution in [0.4, 0.5) is 5.82 Å². The van der Waals surface area contributed by atoms with Crippen molar-refractivity contribution in [2.45, 2.75) is 20.8 Å². The normalized spacial score (nSPS) is 11.3. The van der Waals surface area contributed by atoms with E-state index in [4.69, 9.17) is 5.73 Å². The van der Waals surface area contributed by atoms with Gasteiger partial charge in [0.15, 0.2) is 5.65 Å². The van der Waals surface area contributed by atoms with Crippen LogP contribution in [0.2, 0.25) is 0 Å². The van der Waals surface area contributed by atoms with Gasteiger partial charge in [-0.2, -0.15) is 10.2 Å². The summed E-state index contributed by atoms with van der Waals surface area (Å²) in [6, 6.07) is 6.28. The molecule has 0 aliphatic carbocycles. The molecule has 0 saturated heterocycles. The number of aromatic amines is 1. The number of aromatic nitrogens is 4. The first kappa shape index (κ1) is 10.8. The van der Waals surface area contributed by atoms with Gasteiger partial charge in [0.25, 0.3) is 0 Å². The molecule has 2 aromatic heterocycles. The van der Waals surface area contributed by atoms with Gasteiger partial charge in [-0.3, -0.25) is 5.10 Å². The Bertz CT molecular complexity index is 735. The van der Waals surface area contributed by atoms with Gasteiger partial charge < -0.3 is 5.73 Å². The van der Waals surface area contributed by atoms with Crippen molar-refractivity contribution >= 4 is 16.9 Å². The average Bonchev–Trinajstić information content (AvgIpc) is 2.85. The van der Waals surface area contributed by atoms with Crippen LogP contribution in [0.25, 0.3) is 16.7 Å². The second kappa shape index (κ2) is 3.60. The molecule has 18 heavy (non-hydrogen) atoms. The van der Waals surface area contributed by atoms with Crippen LogP contribution in [-0.2, 0) is 0 Å². The number of benzene rings is 1. The number of rotatable bonds is 1. The molecule has 5 nitrogen and oxygen atoms in total. The number of nitrogen functional groups attached to an aromatic ring is 1. The summed E-state index contributed by atoms with van der Waals surface area (Å²) < 4.78 is 1.85. The second-order valence-electron chi connectivity index (χ2n) is 4.62. The number of anilines is 1.